The number of hydrogen-bond acceptors (Lipinski definition) is 7. The van der Waals surface area contributed by atoms with Crippen molar-refractivity contribution in [2.75, 3.05) is 11.1 Å². The highest BCUT2D eigenvalue weighted by molar-refractivity contribution is 7.99. The van der Waals surface area contributed by atoms with E-state index in [0.717, 1.165) is 37.0 Å². The lowest BCUT2D eigenvalue weighted by molar-refractivity contribution is -0.113. The van der Waals surface area contributed by atoms with Crippen molar-refractivity contribution < 1.29 is 9.53 Å². The van der Waals surface area contributed by atoms with Crippen molar-refractivity contribution in [1.82, 2.24) is 14.8 Å². The second kappa shape index (κ2) is 9.54. The fourth-order valence-corrected chi connectivity index (χ4v) is 5.60. The molecule has 0 saturated heterocycles. The number of amides is 1. The van der Waals surface area contributed by atoms with Gasteiger partial charge in [-0.3, -0.25) is 4.79 Å². The quantitative estimate of drug-likeness (QED) is 0.530. The number of aromatic nitrogens is 3. The van der Waals surface area contributed by atoms with Gasteiger partial charge in [0.05, 0.1) is 11.3 Å². The minimum absolute atomic E-state index is 0.154. The maximum absolute atomic E-state index is 12.5. The third-order valence-electron chi connectivity index (χ3n) is 5.16. The number of rotatable bonds is 7. The summed E-state index contributed by atoms with van der Waals surface area (Å²) >= 11 is 2.85. The Hall–Kier alpha value is -2.83. The van der Waals surface area contributed by atoms with Crippen LogP contribution in [-0.2, 0) is 24.7 Å². The number of anilines is 1. The number of carbonyl (C=O) groups is 1. The Labute approximate surface area is 189 Å². The zero-order valence-electron chi connectivity index (χ0n) is 17.4. The van der Waals surface area contributed by atoms with E-state index >= 15 is 0 Å². The van der Waals surface area contributed by atoms with Gasteiger partial charge in [0, 0.05) is 11.9 Å². The molecule has 0 radical (unpaired) electrons. The van der Waals surface area contributed by atoms with E-state index in [2.05, 4.69) is 21.6 Å². The van der Waals surface area contributed by atoms with Gasteiger partial charge in [-0.2, -0.15) is 5.26 Å². The van der Waals surface area contributed by atoms with E-state index in [1.54, 1.807) is 0 Å². The summed E-state index contributed by atoms with van der Waals surface area (Å²) in [6.07, 6.45) is 3.87. The number of aryl methyl sites for hydroxylation is 1. The molecule has 1 atom stereocenters. The highest BCUT2D eigenvalue weighted by Crippen LogP contribution is 2.37. The molecule has 0 aliphatic heterocycles. The number of thiophene rings is 1. The number of thioether (sulfide) groups is 1. The summed E-state index contributed by atoms with van der Waals surface area (Å²) in [6, 6.07) is 11.8. The van der Waals surface area contributed by atoms with E-state index in [1.807, 2.05) is 48.9 Å². The van der Waals surface area contributed by atoms with Gasteiger partial charge in [-0.1, -0.05) is 30.0 Å². The number of nitriles is 1. The molecule has 7 nitrogen and oxygen atoms in total. The molecule has 4 rings (SSSR count). The summed E-state index contributed by atoms with van der Waals surface area (Å²) in [5.74, 6) is 1.48. The van der Waals surface area contributed by atoms with Gasteiger partial charge >= 0.3 is 0 Å². The van der Waals surface area contributed by atoms with Crippen LogP contribution in [0.15, 0.2) is 35.5 Å². The molecule has 1 aliphatic carbocycles. The van der Waals surface area contributed by atoms with Gasteiger partial charge in [0.15, 0.2) is 17.1 Å². The Morgan fingerprint density at radius 2 is 2.10 bits per heavy atom. The first-order valence-electron chi connectivity index (χ1n) is 10.1. The van der Waals surface area contributed by atoms with Crippen LogP contribution in [-0.4, -0.2) is 26.4 Å². The first kappa shape index (κ1) is 21.4. The largest absolute Gasteiger partial charge is 0.483 e. The van der Waals surface area contributed by atoms with Crippen LogP contribution >= 0.6 is 23.1 Å². The molecule has 2 heterocycles. The van der Waals surface area contributed by atoms with Crippen LogP contribution in [0.2, 0.25) is 0 Å². The number of nitrogens with one attached hydrogen (secondary N) is 1. The number of ether oxygens (including phenoxy) is 1. The van der Waals surface area contributed by atoms with E-state index in [9.17, 15) is 10.1 Å². The molecule has 31 heavy (non-hydrogen) atoms. The highest BCUT2D eigenvalue weighted by atomic mass is 32.2. The smallest absolute Gasteiger partial charge is 0.235 e. The molecule has 1 N–H and O–H groups in total. The standard InChI is InChI=1S/C22H23N5O2S2/c1-14(29-15-8-4-3-5-9-15)20-25-26-22(27(20)2)30-13-19(28)24-21-17(12-23)16-10-6-7-11-18(16)31-21/h3-5,8-9,14H,6-7,10-11,13H2,1-2H3,(H,24,28). The Kier molecular flexibility index (Phi) is 6.59. The predicted octanol–water partition coefficient (Wildman–Crippen LogP) is 4.50. The molecule has 0 fully saturated rings. The van der Waals surface area contributed by atoms with Crippen molar-refractivity contribution in [2.24, 2.45) is 7.05 Å². The number of nitrogens with zero attached hydrogens (tertiary/aromatic N) is 4. The maximum atomic E-state index is 12.5. The van der Waals surface area contributed by atoms with Crippen molar-refractivity contribution >= 4 is 34.0 Å². The minimum atomic E-state index is -0.279. The second-order valence-corrected chi connectivity index (χ2v) is 9.38. The maximum Gasteiger partial charge on any atom is 0.235 e. The van der Waals surface area contributed by atoms with Gasteiger partial charge in [-0.15, -0.1) is 21.5 Å². The monoisotopic (exact) mass is 453 g/mol. The molecule has 1 amide bonds. The minimum Gasteiger partial charge on any atom is -0.483 e. The molecule has 0 spiro atoms. The van der Waals surface area contributed by atoms with E-state index in [4.69, 9.17) is 4.74 Å². The Balaban J connectivity index is 1.37. The molecule has 1 aliphatic rings. The third-order valence-corrected chi connectivity index (χ3v) is 7.38. The van der Waals surface area contributed by atoms with Gasteiger partial charge in [-0.05, 0) is 50.3 Å². The summed E-state index contributed by atoms with van der Waals surface area (Å²) in [5.41, 5.74) is 1.75. The van der Waals surface area contributed by atoms with Gasteiger partial charge in [0.2, 0.25) is 5.91 Å². The summed E-state index contributed by atoms with van der Waals surface area (Å²) in [7, 11) is 1.86. The van der Waals surface area contributed by atoms with E-state index in [0.29, 0.717) is 21.5 Å². The SMILES string of the molecule is CC(Oc1ccccc1)c1nnc(SCC(=O)Nc2sc3c(c2C#N)CCCC3)n1C. The van der Waals surface area contributed by atoms with Crippen molar-refractivity contribution in [3.8, 4) is 11.8 Å². The van der Waals surface area contributed by atoms with Crippen LogP contribution < -0.4 is 10.1 Å². The van der Waals surface area contributed by atoms with Crippen LogP contribution in [0.25, 0.3) is 0 Å². The van der Waals surface area contributed by atoms with Gasteiger partial charge in [-0.25, -0.2) is 0 Å². The number of benzene rings is 1. The molecule has 3 aromatic rings. The summed E-state index contributed by atoms with van der Waals surface area (Å²) in [6.45, 7) is 1.92. The summed E-state index contributed by atoms with van der Waals surface area (Å²) in [4.78, 5) is 13.8. The molecule has 2 aromatic heterocycles. The molecule has 1 unspecified atom stereocenters. The number of hydrogen-bond donors (Lipinski definition) is 1. The Morgan fingerprint density at radius 1 is 1.32 bits per heavy atom. The molecular formula is C22H23N5O2S2. The molecule has 1 aromatic carbocycles. The normalized spacial score (nSPS) is 13.8. The highest BCUT2D eigenvalue weighted by Gasteiger charge is 2.22. The lowest BCUT2D eigenvalue weighted by Crippen LogP contribution is -2.15. The zero-order chi connectivity index (χ0) is 21.8. The first-order chi connectivity index (χ1) is 15.1. The molecule has 9 heteroatoms. The lowest BCUT2D eigenvalue weighted by Gasteiger charge is -2.14. The van der Waals surface area contributed by atoms with Gasteiger partial charge in [0.1, 0.15) is 16.8 Å². The Morgan fingerprint density at radius 3 is 2.87 bits per heavy atom. The fourth-order valence-electron chi connectivity index (χ4n) is 3.63. The number of carbonyl (C=O) groups excluding carboxylic acids is 1. The van der Waals surface area contributed by atoms with Crippen LogP contribution in [0.1, 0.15) is 47.7 Å². The van der Waals surface area contributed by atoms with Crippen LogP contribution in [0.5, 0.6) is 5.75 Å². The van der Waals surface area contributed by atoms with Crippen molar-refractivity contribution in [3.05, 3.63) is 52.2 Å². The Bertz CT molecular complexity index is 1120. The third kappa shape index (κ3) is 4.75. The van der Waals surface area contributed by atoms with E-state index in [-0.39, 0.29) is 17.8 Å². The van der Waals surface area contributed by atoms with Gasteiger partial charge in [0.25, 0.3) is 0 Å². The summed E-state index contributed by atoms with van der Waals surface area (Å²) < 4.78 is 7.77. The van der Waals surface area contributed by atoms with Gasteiger partial charge < -0.3 is 14.6 Å². The average Bonchev–Trinajstić information content (AvgIpc) is 3.32. The second-order valence-electron chi connectivity index (χ2n) is 7.34. The first-order valence-corrected chi connectivity index (χ1v) is 11.9. The van der Waals surface area contributed by atoms with Crippen molar-refractivity contribution in [2.45, 2.75) is 43.9 Å². The number of para-hydroxylation sites is 1. The van der Waals surface area contributed by atoms with Crippen LogP contribution in [0.4, 0.5) is 5.00 Å². The van der Waals surface area contributed by atoms with Crippen molar-refractivity contribution in [3.63, 3.8) is 0 Å². The van der Waals surface area contributed by atoms with Crippen LogP contribution in [0.3, 0.4) is 0 Å². The number of fused-ring (bicyclic) bond motifs is 1. The van der Waals surface area contributed by atoms with Crippen molar-refractivity contribution in [1.29, 1.82) is 5.26 Å². The molecule has 0 saturated carbocycles. The summed E-state index contributed by atoms with van der Waals surface area (Å²) in [5, 5.41) is 22.2. The topological polar surface area (TPSA) is 92.8 Å². The lowest BCUT2D eigenvalue weighted by atomic mass is 9.96. The molecular weight excluding hydrogens is 430 g/mol. The molecule has 160 valence electrons. The van der Waals surface area contributed by atoms with Crippen LogP contribution in [0, 0.1) is 11.3 Å². The predicted molar refractivity (Wildman–Crippen MR) is 122 cm³/mol. The average molecular weight is 454 g/mol. The fraction of sp³-hybridized carbons (Fsp3) is 0.364. The zero-order valence-corrected chi connectivity index (χ0v) is 19.1. The van der Waals surface area contributed by atoms with E-state index < -0.39 is 0 Å². The van der Waals surface area contributed by atoms with E-state index in [1.165, 1.54) is 28.0 Å². The molecule has 0 bridgehead atoms.